The Labute approximate surface area is 101 Å². The van der Waals surface area contributed by atoms with Gasteiger partial charge in [-0.3, -0.25) is 4.79 Å². The van der Waals surface area contributed by atoms with E-state index in [1.54, 1.807) is 0 Å². The molecule has 0 aliphatic heterocycles. The SMILES string of the molecule is Cc1cc(C)c2[nH]c3c(c(=O)c2c1)CCCC3. The van der Waals surface area contributed by atoms with Gasteiger partial charge in [-0.15, -0.1) is 0 Å². The van der Waals surface area contributed by atoms with Gasteiger partial charge in [0.1, 0.15) is 0 Å². The third-order valence-corrected chi connectivity index (χ3v) is 3.74. The number of aryl methyl sites for hydroxylation is 3. The molecule has 0 bridgehead atoms. The first kappa shape index (κ1) is 10.6. The van der Waals surface area contributed by atoms with Crippen molar-refractivity contribution in [2.45, 2.75) is 39.5 Å². The maximum atomic E-state index is 12.5. The van der Waals surface area contributed by atoms with Crippen molar-refractivity contribution in [1.82, 2.24) is 4.98 Å². The maximum absolute atomic E-state index is 12.5. The van der Waals surface area contributed by atoms with E-state index < -0.39 is 0 Å². The molecule has 0 atom stereocenters. The van der Waals surface area contributed by atoms with Gasteiger partial charge in [-0.05, 0) is 56.7 Å². The minimum absolute atomic E-state index is 0.250. The van der Waals surface area contributed by atoms with E-state index in [0.29, 0.717) is 0 Å². The second kappa shape index (κ2) is 3.73. The monoisotopic (exact) mass is 227 g/mol. The Hall–Kier alpha value is -1.57. The summed E-state index contributed by atoms with van der Waals surface area (Å²) < 4.78 is 0. The van der Waals surface area contributed by atoms with E-state index in [1.165, 1.54) is 17.7 Å². The summed E-state index contributed by atoms with van der Waals surface area (Å²) in [5, 5.41) is 0.864. The average molecular weight is 227 g/mol. The van der Waals surface area contributed by atoms with Gasteiger partial charge < -0.3 is 4.98 Å². The van der Waals surface area contributed by atoms with Crippen LogP contribution in [-0.4, -0.2) is 4.98 Å². The van der Waals surface area contributed by atoms with Crippen LogP contribution in [0.5, 0.6) is 0 Å². The van der Waals surface area contributed by atoms with Crippen molar-refractivity contribution in [3.8, 4) is 0 Å². The molecule has 1 aromatic carbocycles. The van der Waals surface area contributed by atoms with Gasteiger partial charge in [-0.25, -0.2) is 0 Å². The van der Waals surface area contributed by atoms with Crippen LogP contribution >= 0.6 is 0 Å². The number of pyridine rings is 1. The molecular formula is C15H17NO. The second-order valence-electron chi connectivity index (χ2n) is 5.12. The van der Waals surface area contributed by atoms with Gasteiger partial charge >= 0.3 is 0 Å². The van der Waals surface area contributed by atoms with Gasteiger partial charge in [0.25, 0.3) is 0 Å². The molecule has 1 aliphatic rings. The van der Waals surface area contributed by atoms with E-state index in [0.717, 1.165) is 41.3 Å². The van der Waals surface area contributed by atoms with Crippen molar-refractivity contribution in [3.05, 3.63) is 44.7 Å². The quantitative estimate of drug-likeness (QED) is 0.737. The second-order valence-corrected chi connectivity index (χ2v) is 5.12. The van der Waals surface area contributed by atoms with E-state index in [-0.39, 0.29) is 5.43 Å². The molecule has 0 saturated heterocycles. The predicted molar refractivity (Wildman–Crippen MR) is 70.7 cm³/mol. The van der Waals surface area contributed by atoms with Crippen LogP contribution in [0.1, 0.15) is 35.2 Å². The lowest BCUT2D eigenvalue weighted by molar-refractivity contribution is 0.667. The first-order valence-electron chi connectivity index (χ1n) is 6.32. The fourth-order valence-electron chi connectivity index (χ4n) is 2.92. The normalized spacial score (nSPS) is 14.9. The predicted octanol–water partition coefficient (Wildman–Crippen LogP) is 3.02. The number of benzene rings is 1. The number of H-pyrrole nitrogens is 1. The molecule has 88 valence electrons. The van der Waals surface area contributed by atoms with Crippen LogP contribution in [0.4, 0.5) is 0 Å². The zero-order valence-corrected chi connectivity index (χ0v) is 10.4. The van der Waals surface area contributed by atoms with Crippen LogP contribution in [0.25, 0.3) is 10.9 Å². The number of aromatic nitrogens is 1. The molecule has 1 aliphatic carbocycles. The van der Waals surface area contributed by atoms with Crippen LogP contribution in [0.3, 0.4) is 0 Å². The van der Waals surface area contributed by atoms with E-state index in [2.05, 4.69) is 18.0 Å². The Morgan fingerprint density at radius 1 is 1.12 bits per heavy atom. The molecule has 17 heavy (non-hydrogen) atoms. The van der Waals surface area contributed by atoms with Gasteiger partial charge in [0.05, 0.1) is 5.52 Å². The largest absolute Gasteiger partial charge is 0.358 e. The van der Waals surface area contributed by atoms with E-state index >= 15 is 0 Å². The fourth-order valence-corrected chi connectivity index (χ4v) is 2.92. The van der Waals surface area contributed by atoms with Gasteiger partial charge in [0.15, 0.2) is 5.43 Å². The van der Waals surface area contributed by atoms with E-state index in [9.17, 15) is 4.79 Å². The minimum atomic E-state index is 0.250. The lowest BCUT2D eigenvalue weighted by atomic mass is 9.93. The summed E-state index contributed by atoms with van der Waals surface area (Å²) in [5.74, 6) is 0. The first-order valence-corrected chi connectivity index (χ1v) is 6.32. The molecule has 2 heteroatoms. The Morgan fingerprint density at radius 2 is 1.88 bits per heavy atom. The molecule has 1 aromatic heterocycles. The summed E-state index contributed by atoms with van der Waals surface area (Å²) in [6, 6.07) is 4.14. The van der Waals surface area contributed by atoms with Gasteiger partial charge in [-0.1, -0.05) is 6.07 Å². The number of hydrogen-bond donors (Lipinski definition) is 1. The highest BCUT2D eigenvalue weighted by molar-refractivity contribution is 5.83. The van der Waals surface area contributed by atoms with Crippen LogP contribution in [0.15, 0.2) is 16.9 Å². The van der Waals surface area contributed by atoms with Crippen LogP contribution in [-0.2, 0) is 12.8 Å². The Bertz CT molecular complexity index is 652. The summed E-state index contributed by atoms with van der Waals surface area (Å²) >= 11 is 0. The number of aromatic amines is 1. The van der Waals surface area contributed by atoms with Gasteiger partial charge in [0.2, 0.25) is 0 Å². The number of nitrogens with one attached hydrogen (secondary N) is 1. The van der Waals surface area contributed by atoms with Crippen molar-refractivity contribution in [3.63, 3.8) is 0 Å². The molecule has 2 aromatic rings. The van der Waals surface area contributed by atoms with Crippen molar-refractivity contribution < 1.29 is 0 Å². The number of rotatable bonds is 0. The molecule has 1 N–H and O–H groups in total. The molecule has 0 saturated carbocycles. The highest BCUT2D eigenvalue weighted by Gasteiger charge is 2.16. The highest BCUT2D eigenvalue weighted by atomic mass is 16.1. The molecule has 0 radical (unpaired) electrons. The van der Waals surface area contributed by atoms with E-state index in [1.807, 2.05) is 13.0 Å². The zero-order chi connectivity index (χ0) is 12.0. The van der Waals surface area contributed by atoms with Crippen molar-refractivity contribution in [2.24, 2.45) is 0 Å². The molecule has 3 rings (SSSR count). The Kier molecular flexibility index (Phi) is 2.32. The minimum Gasteiger partial charge on any atom is -0.358 e. The topological polar surface area (TPSA) is 32.9 Å². The van der Waals surface area contributed by atoms with Crippen molar-refractivity contribution >= 4 is 10.9 Å². The third kappa shape index (κ3) is 1.59. The summed E-state index contributed by atoms with van der Waals surface area (Å²) in [7, 11) is 0. The summed E-state index contributed by atoms with van der Waals surface area (Å²) in [6.45, 7) is 4.12. The van der Waals surface area contributed by atoms with Gasteiger partial charge in [0, 0.05) is 16.6 Å². The standard InChI is InChI=1S/C15H17NO/c1-9-7-10(2)14-12(8-9)15(17)11-5-3-4-6-13(11)16-14/h7-8H,3-6H2,1-2H3,(H,16,17). The first-order chi connectivity index (χ1) is 8.16. The lowest BCUT2D eigenvalue weighted by Gasteiger charge is -2.17. The van der Waals surface area contributed by atoms with Crippen LogP contribution in [0, 0.1) is 13.8 Å². The Morgan fingerprint density at radius 3 is 2.71 bits per heavy atom. The van der Waals surface area contributed by atoms with Crippen molar-refractivity contribution in [2.75, 3.05) is 0 Å². The molecular weight excluding hydrogens is 210 g/mol. The lowest BCUT2D eigenvalue weighted by Crippen LogP contribution is -2.18. The smallest absolute Gasteiger partial charge is 0.192 e. The summed E-state index contributed by atoms with van der Waals surface area (Å²) in [5.41, 5.74) is 5.80. The van der Waals surface area contributed by atoms with Crippen LogP contribution < -0.4 is 5.43 Å². The molecule has 0 amide bonds. The van der Waals surface area contributed by atoms with Crippen molar-refractivity contribution in [1.29, 1.82) is 0 Å². The molecule has 1 heterocycles. The molecule has 0 fully saturated rings. The van der Waals surface area contributed by atoms with Gasteiger partial charge in [-0.2, -0.15) is 0 Å². The number of fused-ring (bicyclic) bond motifs is 2. The fraction of sp³-hybridized carbons (Fsp3) is 0.400. The molecule has 0 spiro atoms. The Balaban J connectivity index is 2.44. The average Bonchev–Trinajstić information content (AvgIpc) is 2.31. The highest BCUT2D eigenvalue weighted by Crippen LogP contribution is 2.22. The summed E-state index contributed by atoms with van der Waals surface area (Å²) in [4.78, 5) is 15.9. The third-order valence-electron chi connectivity index (χ3n) is 3.74. The van der Waals surface area contributed by atoms with E-state index in [4.69, 9.17) is 0 Å². The van der Waals surface area contributed by atoms with Crippen LogP contribution in [0.2, 0.25) is 0 Å². The maximum Gasteiger partial charge on any atom is 0.192 e. The summed E-state index contributed by atoms with van der Waals surface area (Å²) in [6.07, 6.45) is 4.30. The number of hydrogen-bond acceptors (Lipinski definition) is 1. The molecule has 0 unspecified atom stereocenters. The molecule has 2 nitrogen and oxygen atoms in total. The zero-order valence-electron chi connectivity index (χ0n) is 10.4.